The highest BCUT2D eigenvalue weighted by atomic mass is 16.5. The lowest BCUT2D eigenvalue weighted by atomic mass is 9.92. The summed E-state index contributed by atoms with van der Waals surface area (Å²) in [5.74, 6) is -0.588. The molecule has 1 heterocycles. The summed E-state index contributed by atoms with van der Waals surface area (Å²) >= 11 is 0. The number of esters is 1. The summed E-state index contributed by atoms with van der Waals surface area (Å²) in [4.78, 5) is 40.3. The number of fused-ring (bicyclic) bond motifs is 1. The largest absolute Gasteiger partial charge is 0.466 e. The van der Waals surface area contributed by atoms with Crippen molar-refractivity contribution in [1.82, 2.24) is 0 Å². The zero-order valence-electron chi connectivity index (χ0n) is 19.0. The van der Waals surface area contributed by atoms with Gasteiger partial charge in [-0.25, -0.2) is 4.90 Å². The predicted octanol–water partition coefficient (Wildman–Crippen LogP) is 5.62. The molecule has 2 aromatic carbocycles. The molecule has 0 unspecified atom stereocenters. The van der Waals surface area contributed by atoms with Crippen LogP contribution in [0.5, 0.6) is 0 Å². The topological polar surface area (TPSA) is 63.7 Å². The molecule has 3 rings (SSSR count). The second-order valence-corrected chi connectivity index (χ2v) is 8.60. The molecule has 2 aromatic rings. The molecule has 5 heteroatoms. The van der Waals surface area contributed by atoms with Crippen LogP contribution in [0.1, 0.15) is 96.7 Å². The molecular weight excluding hydrogens is 390 g/mol. The van der Waals surface area contributed by atoms with E-state index in [0.29, 0.717) is 35.4 Å². The Kier molecular flexibility index (Phi) is 6.94. The van der Waals surface area contributed by atoms with Crippen molar-refractivity contribution in [2.75, 3.05) is 11.5 Å². The lowest BCUT2D eigenvalue weighted by Gasteiger charge is -2.25. The molecule has 0 radical (unpaired) electrons. The highest BCUT2D eigenvalue weighted by Gasteiger charge is 2.40. The number of nitrogens with zero attached hydrogens (tertiary/aromatic N) is 1. The van der Waals surface area contributed by atoms with Crippen molar-refractivity contribution < 1.29 is 19.1 Å². The number of hydrogen-bond donors (Lipinski definition) is 0. The third-order valence-electron chi connectivity index (χ3n) is 5.63. The van der Waals surface area contributed by atoms with Crippen LogP contribution in [-0.4, -0.2) is 24.4 Å². The first-order valence-electron chi connectivity index (χ1n) is 11.1. The van der Waals surface area contributed by atoms with Crippen molar-refractivity contribution in [3.05, 3.63) is 64.2 Å². The van der Waals surface area contributed by atoms with Crippen LogP contribution in [0.4, 0.5) is 5.69 Å². The Morgan fingerprint density at radius 2 is 1.55 bits per heavy atom. The van der Waals surface area contributed by atoms with E-state index in [1.807, 2.05) is 31.2 Å². The Labute approximate surface area is 184 Å². The Morgan fingerprint density at radius 1 is 0.935 bits per heavy atom. The van der Waals surface area contributed by atoms with E-state index >= 15 is 0 Å². The number of rotatable bonds is 8. The highest BCUT2D eigenvalue weighted by Crippen LogP contribution is 2.40. The van der Waals surface area contributed by atoms with Crippen LogP contribution in [0.3, 0.4) is 0 Å². The molecule has 164 valence electrons. The number of hydrogen-bond acceptors (Lipinski definition) is 4. The maximum atomic E-state index is 13.6. The smallest absolute Gasteiger partial charge is 0.306 e. The van der Waals surface area contributed by atoms with Crippen LogP contribution in [0, 0.1) is 0 Å². The van der Waals surface area contributed by atoms with E-state index < -0.39 is 0 Å². The van der Waals surface area contributed by atoms with E-state index in [2.05, 4.69) is 27.7 Å². The monoisotopic (exact) mass is 421 g/mol. The minimum atomic E-state index is -0.312. The van der Waals surface area contributed by atoms with Gasteiger partial charge in [0, 0.05) is 6.42 Å². The minimum absolute atomic E-state index is 0.158. The number of benzene rings is 2. The molecule has 0 N–H and O–H groups in total. The summed E-state index contributed by atoms with van der Waals surface area (Å²) < 4.78 is 5.15. The van der Waals surface area contributed by atoms with Gasteiger partial charge in [-0.15, -0.1) is 0 Å². The molecule has 0 fully saturated rings. The zero-order valence-corrected chi connectivity index (χ0v) is 19.0. The number of carbonyl (C=O) groups is 3. The molecule has 0 aliphatic carbocycles. The van der Waals surface area contributed by atoms with Crippen molar-refractivity contribution >= 4 is 23.5 Å². The average Bonchev–Trinajstić information content (AvgIpc) is 3.00. The van der Waals surface area contributed by atoms with Crippen LogP contribution in [-0.2, 0) is 16.0 Å². The fourth-order valence-corrected chi connectivity index (χ4v) is 4.06. The van der Waals surface area contributed by atoms with Gasteiger partial charge in [0.25, 0.3) is 11.8 Å². The lowest BCUT2D eigenvalue weighted by molar-refractivity contribution is -0.143. The van der Waals surface area contributed by atoms with Gasteiger partial charge in [0.05, 0.1) is 23.4 Å². The van der Waals surface area contributed by atoms with Crippen molar-refractivity contribution in [2.24, 2.45) is 0 Å². The van der Waals surface area contributed by atoms with Gasteiger partial charge in [0.2, 0.25) is 0 Å². The predicted molar refractivity (Wildman–Crippen MR) is 122 cm³/mol. The van der Waals surface area contributed by atoms with Gasteiger partial charge in [-0.3, -0.25) is 14.4 Å². The van der Waals surface area contributed by atoms with Gasteiger partial charge in [-0.1, -0.05) is 65.0 Å². The Bertz CT molecular complexity index is 980. The van der Waals surface area contributed by atoms with Gasteiger partial charge in [-0.2, -0.15) is 0 Å². The van der Waals surface area contributed by atoms with Crippen LogP contribution < -0.4 is 4.90 Å². The second kappa shape index (κ2) is 9.46. The third-order valence-corrected chi connectivity index (χ3v) is 5.63. The summed E-state index contributed by atoms with van der Waals surface area (Å²) in [6.45, 7) is 10.6. The summed E-state index contributed by atoms with van der Waals surface area (Å²) in [7, 11) is 0. The fraction of sp³-hybridized carbons (Fsp3) is 0.423. The van der Waals surface area contributed by atoms with Gasteiger partial charge >= 0.3 is 5.97 Å². The van der Waals surface area contributed by atoms with Crippen molar-refractivity contribution in [3.8, 4) is 0 Å². The maximum absolute atomic E-state index is 13.6. The van der Waals surface area contributed by atoms with Crippen LogP contribution >= 0.6 is 0 Å². The molecule has 0 bridgehead atoms. The average molecular weight is 422 g/mol. The third kappa shape index (κ3) is 4.41. The lowest BCUT2D eigenvalue weighted by Crippen LogP contribution is -2.32. The number of ether oxygens (including phenoxy) is 1. The molecule has 1 aliphatic rings. The Hall–Kier alpha value is -2.95. The molecule has 1 aliphatic heterocycles. The standard InChI is InChI=1S/C26H31NO4/c1-6-15-31-22(28)14-13-18-9-7-12-21-23(18)26(30)27(25(21)29)24-19(16(2)3)10-8-11-20(24)17(4)5/h7-12,16-17H,6,13-15H2,1-5H3. The number of para-hydroxylation sites is 1. The molecule has 31 heavy (non-hydrogen) atoms. The van der Waals surface area contributed by atoms with Gasteiger partial charge in [0.1, 0.15) is 0 Å². The summed E-state index contributed by atoms with van der Waals surface area (Å²) in [5.41, 5.74) is 4.17. The zero-order chi connectivity index (χ0) is 22.7. The van der Waals surface area contributed by atoms with Gasteiger partial charge in [0.15, 0.2) is 0 Å². The molecular formula is C26H31NO4. The van der Waals surface area contributed by atoms with E-state index in [-0.39, 0.29) is 36.0 Å². The molecule has 2 amide bonds. The first-order valence-corrected chi connectivity index (χ1v) is 11.1. The molecule has 0 saturated carbocycles. The first kappa shape index (κ1) is 22.7. The van der Waals surface area contributed by atoms with E-state index in [1.54, 1.807) is 12.1 Å². The van der Waals surface area contributed by atoms with Crippen LogP contribution in [0.2, 0.25) is 0 Å². The minimum Gasteiger partial charge on any atom is -0.466 e. The van der Waals surface area contributed by atoms with E-state index in [1.165, 1.54) is 4.90 Å². The van der Waals surface area contributed by atoms with Crippen molar-refractivity contribution in [2.45, 2.75) is 65.7 Å². The second-order valence-electron chi connectivity index (χ2n) is 8.60. The highest BCUT2D eigenvalue weighted by molar-refractivity contribution is 6.35. The molecule has 0 atom stereocenters. The first-order chi connectivity index (χ1) is 14.8. The van der Waals surface area contributed by atoms with E-state index in [9.17, 15) is 14.4 Å². The molecule has 0 spiro atoms. The molecule has 0 saturated heterocycles. The quantitative estimate of drug-likeness (QED) is 0.410. The van der Waals surface area contributed by atoms with E-state index in [4.69, 9.17) is 4.74 Å². The number of anilines is 1. The normalized spacial score (nSPS) is 13.3. The maximum Gasteiger partial charge on any atom is 0.306 e. The Balaban J connectivity index is 2.01. The van der Waals surface area contributed by atoms with E-state index in [0.717, 1.165) is 17.5 Å². The fourth-order valence-electron chi connectivity index (χ4n) is 4.06. The summed E-state index contributed by atoms with van der Waals surface area (Å²) in [6, 6.07) is 11.2. The summed E-state index contributed by atoms with van der Waals surface area (Å²) in [5, 5.41) is 0. The Morgan fingerprint density at radius 3 is 2.13 bits per heavy atom. The van der Waals surface area contributed by atoms with Gasteiger partial charge < -0.3 is 4.74 Å². The summed E-state index contributed by atoms with van der Waals surface area (Å²) in [6.07, 6.45) is 1.31. The molecule has 0 aromatic heterocycles. The van der Waals surface area contributed by atoms with Crippen LogP contribution in [0.15, 0.2) is 36.4 Å². The SMILES string of the molecule is CCCOC(=O)CCc1cccc2c1C(=O)N(c1c(C(C)C)cccc1C(C)C)C2=O. The number of carbonyl (C=O) groups excluding carboxylic acids is 3. The number of aryl methyl sites for hydroxylation is 1. The number of amides is 2. The van der Waals surface area contributed by atoms with Gasteiger partial charge in [-0.05, 0) is 47.4 Å². The number of imide groups is 1. The van der Waals surface area contributed by atoms with Crippen LogP contribution in [0.25, 0.3) is 0 Å². The van der Waals surface area contributed by atoms with Crippen molar-refractivity contribution in [1.29, 1.82) is 0 Å². The van der Waals surface area contributed by atoms with Crippen molar-refractivity contribution in [3.63, 3.8) is 0 Å². The molecule has 5 nitrogen and oxygen atoms in total.